The van der Waals surface area contributed by atoms with Crippen molar-refractivity contribution in [3.8, 4) is 0 Å². The number of benzene rings is 2. The summed E-state index contributed by atoms with van der Waals surface area (Å²) in [6.45, 7) is 0. The molecule has 2 aromatic carbocycles. The summed E-state index contributed by atoms with van der Waals surface area (Å²) in [5.74, 6) is -1.39. The zero-order valence-electron chi connectivity index (χ0n) is 11.0. The van der Waals surface area contributed by atoms with Gasteiger partial charge in [0.15, 0.2) is 0 Å². The Morgan fingerprint density at radius 2 is 1.86 bits per heavy atom. The van der Waals surface area contributed by atoms with Crippen molar-refractivity contribution in [2.45, 2.75) is 12.8 Å². The first kappa shape index (κ1) is 16.3. The van der Waals surface area contributed by atoms with Crippen molar-refractivity contribution < 1.29 is 9.90 Å². The van der Waals surface area contributed by atoms with Crippen LogP contribution < -0.4 is 0 Å². The topological polar surface area (TPSA) is 37.3 Å². The lowest BCUT2D eigenvalue weighted by molar-refractivity contribution is -0.141. The van der Waals surface area contributed by atoms with Gasteiger partial charge in [0.05, 0.1) is 16.0 Å². The first-order chi connectivity index (χ1) is 9.97. The average Bonchev–Trinajstić information content (AvgIpc) is 2.43. The van der Waals surface area contributed by atoms with E-state index in [2.05, 4.69) is 15.9 Å². The molecule has 0 amide bonds. The Morgan fingerprint density at radius 1 is 1.14 bits per heavy atom. The molecule has 0 bridgehead atoms. The first-order valence-electron chi connectivity index (χ1n) is 6.37. The minimum absolute atomic E-state index is 0.348. The Labute approximate surface area is 141 Å². The van der Waals surface area contributed by atoms with E-state index in [0.717, 1.165) is 15.6 Å². The van der Waals surface area contributed by atoms with Gasteiger partial charge >= 0.3 is 5.97 Å². The Morgan fingerprint density at radius 3 is 2.52 bits per heavy atom. The van der Waals surface area contributed by atoms with E-state index in [-0.39, 0.29) is 0 Å². The zero-order valence-corrected chi connectivity index (χ0v) is 14.1. The van der Waals surface area contributed by atoms with Gasteiger partial charge in [-0.3, -0.25) is 4.79 Å². The first-order valence-corrected chi connectivity index (χ1v) is 7.92. The number of hydrogen-bond acceptors (Lipinski definition) is 1. The van der Waals surface area contributed by atoms with Gasteiger partial charge in [0.1, 0.15) is 0 Å². The SMILES string of the molecule is O=C(O)C(Cc1cccc(Br)c1)Cc1cccc(Cl)c1Cl. The molecule has 0 saturated heterocycles. The second-order valence-electron chi connectivity index (χ2n) is 4.79. The molecule has 0 heterocycles. The predicted molar refractivity (Wildman–Crippen MR) is 89.1 cm³/mol. The van der Waals surface area contributed by atoms with Crippen molar-refractivity contribution in [2.75, 3.05) is 0 Å². The normalized spacial score (nSPS) is 12.1. The lowest BCUT2D eigenvalue weighted by Crippen LogP contribution is -2.19. The third-order valence-electron chi connectivity index (χ3n) is 3.22. The molecule has 2 aromatic rings. The lowest BCUT2D eigenvalue weighted by atomic mass is 9.92. The minimum atomic E-state index is -0.842. The Balaban J connectivity index is 2.20. The van der Waals surface area contributed by atoms with Gasteiger partial charge < -0.3 is 5.11 Å². The summed E-state index contributed by atoms with van der Waals surface area (Å²) in [7, 11) is 0. The van der Waals surface area contributed by atoms with Crippen molar-refractivity contribution in [1.29, 1.82) is 0 Å². The molecule has 0 fully saturated rings. The van der Waals surface area contributed by atoms with Crippen molar-refractivity contribution in [2.24, 2.45) is 5.92 Å². The molecule has 0 saturated carbocycles. The van der Waals surface area contributed by atoms with E-state index in [0.29, 0.717) is 22.9 Å². The summed E-state index contributed by atoms with van der Waals surface area (Å²) in [6.07, 6.45) is 0.791. The quantitative estimate of drug-likeness (QED) is 0.761. The zero-order chi connectivity index (χ0) is 15.4. The smallest absolute Gasteiger partial charge is 0.307 e. The van der Waals surface area contributed by atoms with Crippen molar-refractivity contribution in [1.82, 2.24) is 0 Å². The van der Waals surface area contributed by atoms with Gasteiger partial charge in [-0.2, -0.15) is 0 Å². The van der Waals surface area contributed by atoms with Crippen LogP contribution in [0.1, 0.15) is 11.1 Å². The van der Waals surface area contributed by atoms with Crippen LogP contribution in [-0.2, 0) is 17.6 Å². The molecular formula is C16H13BrCl2O2. The molecule has 0 spiro atoms. The lowest BCUT2D eigenvalue weighted by Gasteiger charge is -2.14. The molecule has 0 aromatic heterocycles. The van der Waals surface area contributed by atoms with Crippen LogP contribution >= 0.6 is 39.1 Å². The number of carboxylic acids is 1. The molecule has 0 aliphatic heterocycles. The largest absolute Gasteiger partial charge is 0.481 e. The van der Waals surface area contributed by atoms with Crippen LogP contribution in [0.4, 0.5) is 0 Å². The minimum Gasteiger partial charge on any atom is -0.481 e. The third-order valence-corrected chi connectivity index (χ3v) is 4.57. The van der Waals surface area contributed by atoms with Crippen LogP contribution in [-0.4, -0.2) is 11.1 Å². The second kappa shape index (κ2) is 7.30. The molecule has 1 atom stereocenters. The number of aliphatic carboxylic acids is 1. The highest BCUT2D eigenvalue weighted by atomic mass is 79.9. The van der Waals surface area contributed by atoms with E-state index >= 15 is 0 Å². The highest BCUT2D eigenvalue weighted by molar-refractivity contribution is 9.10. The van der Waals surface area contributed by atoms with Gasteiger partial charge in [0.25, 0.3) is 0 Å². The standard InChI is InChI=1S/C16H13BrCl2O2/c17-13-5-1-3-10(8-13)7-12(16(20)21)9-11-4-2-6-14(18)15(11)19/h1-6,8,12H,7,9H2,(H,20,21). The van der Waals surface area contributed by atoms with E-state index in [1.165, 1.54) is 0 Å². The van der Waals surface area contributed by atoms with Crippen LogP contribution in [0.2, 0.25) is 10.0 Å². The molecule has 110 valence electrons. The summed E-state index contributed by atoms with van der Waals surface area (Å²) >= 11 is 15.5. The predicted octanol–water partition coefficient (Wildman–Crippen LogP) is 5.24. The van der Waals surface area contributed by atoms with E-state index < -0.39 is 11.9 Å². The molecule has 2 nitrogen and oxygen atoms in total. The van der Waals surface area contributed by atoms with Crippen LogP contribution in [0.3, 0.4) is 0 Å². The second-order valence-corrected chi connectivity index (χ2v) is 6.49. The van der Waals surface area contributed by atoms with E-state index in [1.54, 1.807) is 12.1 Å². The third kappa shape index (κ3) is 4.47. The maximum absolute atomic E-state index is 11.5. The van der Waals surface area contributed by atoms with E-state index in [9.17, 15) is 9.90 Å². The average molecular weight is 388 g/mol. The Kier molecular flexibility index (Phi) is 5.68. The summed E-state index contributed by atoms with van der Waals surface area (Å²) in [4.78, 5) is 11.5. The Bertz CT molecular complexity index is 658. The molecule has 0 radical (unpaired) electrons. The molecule has 1 unspecified atom stereocenters. The van der Waals surface area contributed by atoms with Crippen molar-refractivity contribution >= 4 is 45.1 Å². The van der Waals surface area contributed by atoms with Gasteiger partial charge in [0.2, 0.25) is 0 Å². The highest BCUT2D eigenvalue weighted by Gasteiger charge is 2.20. The fourth-order valence-corrected chi connectivity index (χ4v) is 3.01. The number of carboxylic acid groups (broad SMARTS) is 1. The number of rotatable bonds is 5. The summed E-state index contributed by atoms with van der Waals surface area (Å²) in [6, 6.07) is 12.9. The molecule has 0 aliphatic rings. The monoisotopic (exact) mass is 386 g/mol. The summed E-state index contributed by atoms with van der Waals surface area (Å²) < 4.78 is 0.935. The molecule has 21 heavy (non-hydrogen) atoms. The van der Waals surface area contributed by atoms with Crippen LogP contribution in [0, 0.1) is 5.92 Å². The molecule has 5 heteroatoms. The van der Waals surface area contributed by atoms with Gasteiger partial charge in [0, 0.05) is 4.47 Å². The maximum atomic E-state index is 11.5. The van der Waals surface area contributed by atoms with Crippen molar-refractivity contribution in [3.05, 3.63) is 68.1 Å². The van der Waals surface area contributed by atoms with E-state index in [4.69, 9.17) is 23.2 Å². The Hall–Kier alpha value is -1.03. The molecule has 1 N–H and O–H groups in total. The highest BCUT2D eigenvalue weighted by Crippen LogP contribution is 2.28. The van der Waals surface area contributed by atoms with Gasteiger partial charge in [-0.05, 0) is 42.2 Å². The van der Waals surface area contributed by atoms with Gasteiger partial charge in [-0.1, -0.05) is 63.4 Å². The van der Waals surface area contributed by atoms with Crippen LogP contribution in [0.5, 0.6) is 0 Å². The number of hydrogen-bond donors (Lipinski definition) is 1. The van der Waals surface area contributed by atoms with Gasteiger partial charge in [-0.15, -0.1) is 0 Å². The molecule has 0 aliphatic carbocycles. The number of carbonyl (C=O) groups is 1. The van der Waals surface area contributed by atoms with Gasteiger partial charge in [-0.25, -0.2) is 0 Å². The summed E-state index contributed by atoms with van der Waals surface area (Å²) in [5, 5.41) is 10.3. The summed E-state index contributed by atoms with van der Waals surface area (Å²) in [5.41, 5.74) is 1.72. The fourth-order valence-electron chi connectivity index (χ4n) is 2.17. The van der Waals surface area contributed by atoms with Crippen LogP contribution in [0.15, 0.2) is 46.9 Å². The maximum Gasteiger partial charge on any atom is 0.307 e. The molecule has 2 rings (SSSR count). The van der Waals surface area contributed by atoms with Crippen molar-refractivity contribution in [3.63, 3.8) is 0 Å². The molecular weight excluding hydrogens is 375 g/mol. The fraction of sp³-hybridized carbons (Fsp3) is 0.188. The van der Waals surface area contributed by atoms with E-state index in [1.807, 2.05) is 30.3 Å². The number of halogens is 3. The van der Waals surface area contributed by atoms with Crippen LogP contribution in [0.25, 0.3) is 0 Å².